The first-order valence-electron chi connectivity index (χ1n) is 23.8. The monoisotopic (exact) mass is 898 g/mol. The van der Waals surface area contributed by atoms with E-state index in [9.17, 15) is 29.1 Å². The highest BCUT2D eigenvalue weighted by Crippen LogP contribution is 2.40. The molecule has 13 heteroatoms. The number of aliphatic hydroxyl groups excluding tert-OH is 1. The van der Waals surface area contributed by atoms with Gasteiger partial charge in [-0.05, 0) is 101 Å². The minimum absolute atomic E-state index is 0.0442. The predicted octanol–water partition coefficient (Wildman–Crippen LogP) is 7.82. The van der Waals surface area contributed by atoms with Gasteiger partial charge >= 0.3 is 5.97 Å². The van der Waals surface area contributed by atoms with Crippen LogP contribution in [0.4, 0.5) is 0 Å². The van der Waals surface area contributed by atoms with E-state index in [1.54, 1.807) is 34.1 Å². The molecule has 360 valence electrons. The summed E-state index contributed by atoms with van der Waals surface area (Å²) in [6.07, 6.45) is 16.1. The number of piperidine rings is 1. The molecule has 1 aliphatic carbocycles. The Bertz CT molecular complexity index is 1690. The Morgan fingerprint density at radius 1 is 0.906 bits per heavy atom. The van der Waals surface area contributed by atoms with Crippen LogP contribution in [-0.4, -0.2) is 116 Å². The number of fused-ring (bicyclic) bond motifs is 3. The van der Waals surface area contributed by atoms with Crippen molar-refractivity contribution in [2.45, 2.75) is 180 Å². The van der Waals surface area contributed by atoms with Crippen LogP contribution in [0.1, 0.15) is 132 Å². The highest BCUT2D eigenvalue weighted by Gasteiger charge is 2.54. The second kappa shape index (κ2) is 25.7. The molecule has 0 amide bonds. The van der Waals surface area contributed by atoms with E-state index in [1.807, 2.05) is 65.0 Å². The summed E-state index contributed by atoms with van der Waals surface area (Å²) in [6.45, 7) is 13.4. The smallest absolute Gasteiger partial charge is 0.326 e. The van der Waals surface area contributed by atoms with Gasteiger partial charge in [0.15, 0.2) is 12.1 Å². The Kier molecular flexibility index (Phi) is 21.4. The first kappa shape index (κ1) is 53.4. The Morgan fingerprint density at radius 2 is 1.66 bits per heavy atom. The lowest BCUT2D eigenvalue weighted by Gasteiger charge is -2.47. The first-order valence-corrected chi connectivity index (χ1v) is 23.8. The van der Waals surface area contributed by atoms with E-state index in [-0.39, 0.29) is 48.3 Å². The highest BCUT2D eigenvalue weighted by atomic mass is 16.8. The van der Waals surface area contributed by atoms with Crippen molar-refractivity contribution in [3.63, 3.8) is 0 Å². The largest absolute Gasteiger partial charge is 0.460 e. The molecular weight excluding hydrogens is 819 g/mol. The summed E-state index contributed by atoms with van der Waals surface area (Å²) in [5.41, 5.74) is 1.36. The second-order valence-corrected chi connectivity index (χ2v) is 19.3. The van der Waals surface area contributed by atoms with Crippen LogP contribution < -0.4 is 0 Å². The number of ketones is 3. The minimum Gasteiger partial charge on any atom is -0.460 e. The number of Topliss-reactive ketones (excluding diaryl/α,β-unsaturated/α-hetero) is 3. The molecule has 1 saturated carbocycles. The topological polar surface area (TPSA) is 164 Å². The number of aliphatic hydroxyl groups is 1. The summed E-state index contributed by atoms with van der Waals surface area (Å²) in [6, 6.07) is -0.924. The maximum atomic E-state index is 14.5. The highest BCUT2D eigenvalue weighted by molar-refractivity contribution is 6.28. The molecule has 14 atom stereocenters. The van der Waals surface area contributed by atoms with E-state index >= 15 is 0 Å². The predicted molar refractivity (Wildman–Crippen MR) is 244 cm³/mol. The van der Waals surface area contributed by atoms with Gasteiger partial charge in [0.25, 0.3) is 11.6 Å². The zero-order valence-corrected chi connectivity index (χ0v) is 40.3. The van der Waals surface area contributed by atoms with Crippen LogP contribution in [0.5, 0.6) is 0 Å². The van der Waals surface area contributed by atoms with Crippen molar-refractivity contribution in [2.75, 3.05) is 27.9 Å². The molecule has 4 aliphatic rings. The van der Waals surface area contributed by atoms with Gasteiger partial charge in [-0.3, -0.25) is 28.8 Å². The molecule has 0 radical (unpaired) electrons. The summed E-state index contributed by atoms with van der Waals surface area (Å²) in [5.74, 6) is -5.24. The molecule has 2 saturated heterocycles. The molecule has 0 spiro atoms. The van der Waals surface area contributed by atoms with E-state index in [0.29, 0.717) is 63.0 Å². The molecular formula is C51H79NO12. The number of esters is 1. The van der Waals surface area contributed by atoms with Crippen molar-refractivity contribution in [3.05, 3.63) is 47.6 Å². The Balaban J connectivity index is 1.73. The van der Waals surface area contributed by atoms with Crippen molar-refractivity contribution in [2.24, 2.45) is 35.5 Å². The van der Waals surface area contributed by atoms with Crippen molar-refractivity contribution in [3.8, 4) is 0 Å². The van der Waals surface area contributed by atoms with E-state index in [4.69, 9.17) is 28.5 Å². The number of aldehydes is 1. The number of nitrogens with zero attached hydrogens (tertiary/aromatic N) is 1. The number of methoxy groups -OCH3 is 3. The molecule has 2 bridgehead atoms. The number of rotatable bonds is 8. The van der Waals surface area contributed by atoms with Crippen molar-refractivity contribution >= 4 is 29.6 Å². The van der Waals surface area contributed by atoms with E-state index in [2.05, 4.69) is 0 Å². The van der Waals surface area contributed by atoms with E-state index in [1.165, 1.54) is 12.2 Å². The number of hydroxylamine groups is 2. The fourth-order valence-corrected chi connectivity index (χ4v) is 10.1. The average molecular weight is 898 g/mol. The van der Waals surface area contributed by atoms with E-state index < -0.39 is 65.8 Å². The number of cyclic esters (lactones) is 1. The third kappa shape index (κ3) is 14.4. The summed E-state index contributed by atoms with van der Waals surface area (Å²) >= 11 is 0. The zero-order valence-electron chi connectivity index (χ0n) is 40.3. The second-order valence-electron chi connectivity index (χ2n) is 19.3. The summed E-state index contributed by atoms with van der Waals surface area (Å²) in [7, 11) is 4.75. The summed E-state index contributed by atoms with van der Waals surface area (Å²) in [5, 5.41) is 12.9. The molecule has 3 fully saturated rings. The van der Waals surface area contributed by atoms with Gasteiger partial charge in [0.1, 0.15) is 30.1 Å². The average Bonchev–Trinajstić information content (AvgIpc) is 3.28. The lowest BCUT2D eigenvalue weighted by molar-refractivity contribution is -0.376. The normalized spacial score (nSPS) is 39.6. The van der Waals surface area contributed by atoms with E-state index in [0.717, 1.165) is 37.7 Å². The fourth-order valence-electron chi connectivity index (χ4n) is 10.1. The van der Waals surface area contributed by atoms with Gasteiger partial charge < -0.3 is 28.8 Å². The number of hydrogen-bond acceptors (Lipinski definition) is 13. The number of allylic oxidation sites excluding steroid dienone is 6. The zero-order chi connectivity index (χ0) is 47.1. The van der Waals surface area contributed by atoms with Gasteiger partial charge in [-0.2, -0.15) is 5.06 Å². The van der Waals surface area contributed by atoms with Gasteiger partial charge in [0.2, 0.25) is 0 Å². The molecule has 64 heavy (non-hydrogen) atoms. The van der Waals surface area contributed by atoms with Crippen LogP contribution in [-0.2, 0) is 52.5 Å². The number of carbonyl (C=O) groups is 5. The SMILES string of the molecule is CO[C@H]1CCC[C@@H](C[C@@H](C)[C@@H]2CC(=O)[C@H](C)/C=C(\C)[C@@H](O)[C@@H](OC)C(=O)[C@H](C)C[C@H](C)/C=C/C=C/C=C(\C)[C@@H](OC)C[C@@H]3CC[C@@H](C)[C@](C(=O)C=O)(O3)ON3CCCC[C@H]3C(=O)O2)C1. The van der Waals surface area contributed by atoms with Crippen molar-refractivity contribution < 1.29 is 57.6 Å². The van der Waals surface area contributed by atoms with Crippen LogP contribution in [0.3, 0.4) is 0 Å². The molecule has 1 N–H and O–H groups in total. The van der Waals surface area contributed by atoms with Crippen LogP contribution >= 0.6 is 0 Å². The van der Waals surface area contributed by atoms with Gasteiger partial charge in [-0.15, -0.1) is 0 Å². The number of hydrogen-bond donors (Lipinski definition) is 1. The molecule has 0 aromatic rings. The lowest BCUT2D eigenvalue weighted by Crippen LogP contribution is -2.61. The molecule has 3 heterocycles. The summed E-state index contributed by atoms with van der Waals surface area (Å²) in [4.78, 5) is 75.0. The first-order chi connectivity index (χ1) is 30.5. The van der Waals surface area contributed by atoms with Gasteiger partial charge in [0.05, 0.1) is 18.3 Å². The maximum absolute atomic E-state index is 14.5. The number of ether oxygens (including phenoxy) is 5. The fraction of sp³-hybridized carbons (Fsp3) is 0.745. The molecule has 0 aromatic heterocycles. The molecule has 4 rings (SSSR count). The van der Waals surface area contributed by atoms with Crippen LogP contribution in [0.15, 0.2) is 47.6 Å². The van der Waals surface area contributed by atoms with Crippen LogP contribution in [0, 0.1) is 35.5 Å². The standard InChI is InChI=1S/C51H79NO12/c1-32-17-12-11-13-18-33(2)44(60-9)29-41-23-22-38(7)51(63-41,46(55)31-53)64-52-24-15-14-21-42(52)50(58)62-45(35(4)27-39-19-16-20-40(28-39)59-8)30-43(54)34(3)26-37(6)48(57)49(61-10)47(56)36(5)25-32/h11-13,17-18,26,31-32,34-36,38-42,44-45,48-49,57H,14-16,19-25,27-30H2,1-10H3/b13-11+,17-12+,33-18+,37-26+/t32-,34-,35-,36-,38-,39+,40+,41+,42+,44+,45+,48-,49+,51+/m1/s1. The maximum Gasteiger partial charge on any atom is 0.326 e. The minimum atomic E-state index is -1.96. The third-order valence-corrected chi connectivity index (χ3v) is 14.2. The quantitative estimate of drug-likeness (QED) is 0.109. The lowest BCUT2D eigenvalue weighted by atomic mass is 9.79. The van der Waals surface area contributed by atoms with Crippen LogP contribution in [0.25, 0.3) is 0 Å². The Hall–Kier alpha value is -3.17. The molecule has 0 unspecified atom stereocenters. The van der Waals surface area contributed by atoms with Crippen LogP contribution in [0.2, 0.25) is 0 Å². The van der Waals surface area contributed by atoms with Gasteiger partial charge in [-0.25, -0.2) is 0 Å². The van der Waals surface area contributed by atoms with Gasteiger partial charge in [-0.1, -0.05) is 83.9 Å². The Labute approximate surface area is 382 Å². The van der Waals surface area contributed by atoms with Gasteiger partial charge in [0, 0.05) is 58.5 Å². The molecule has 13 nitrogen and oxygen atoms in total. The van der Waals surface area contributed by atoms with Crippen molar-refractivity contribution in [1.29, 1.82) is 0 Å². The number of carbonyl (C=O) groups excluding carboxylic acids is 5. The van der Waals surface area contributed by atoms with Crippen molar-refractivity contribution in [1.82, 2.24) is 5.06 Å². The third-order valence-electron chi connectivity index (χ3n) is 14.2. The molecule has 3 aliphatic heterocycles. The summed E-state index contributed by atoms with van der Waals surface area (Å²) < 4.78 is 30.2. The Morgan fingerprint density at radius 3 is 2.34 bits per heavy atom. The molecule has 0 aromatic carbocycles.